The van der Waals surface area contributed by atoms with Crippen molar-refractivity contribution >= 4 is 28.4 Å². The predicted molar refractivity (Wildman–Crippen MR) is 119 cm³/mol. The van der Waals surface area contributed by atoms with Crippen molar-refractivity contribution in [2.24, 2.45) is 0 Å². The molecule has 4 rings (SSSR count). The molecule has 2 aromatic heterocycles. The number of benzene rings is 1. The molecule has 6 nitrogen and oxygen atoms in total. The number of anilines is 1. The highest BCUT2D eigenvalue weighted by molar-refractivity contribution is 6.00. The number of ether oxygens (including phenoxy) is 1. The molecule has 1 aromatic carbocycles. The largest absolute Gasteiger partial charge is 0.486 e. The van der Waals surface area contributed by atoms with Crippen molar-refractivity contribution < 1.29 is 18.3 Å². The van der Waals surface area contributed by atoms with E-state index in [0.29, 0.717) is 51.7 Å². The monoisotopic (exact) mass is 438 g/mol. The molecule has 32 heavy (non-hydrogen) atoms. The molecule has 1 amide bonds. The summed E-state index contributed by atoms with van der Waals surface area (Å²) in [5.41, 5.74) is 7.87. The Morgan fingerprint density at radius 2 is 2.09 bits per heavy atom. The summed E-state index contributed by atoms with van der Waals surface area (Å²) in [4.78, 5) is 23.5. The van der Waals surface area contributed by atoms with Crippen LogP contribution in [0.2, 0.25) is 0 Å². The fraction of sp³-hybridized carbons (Fsp3) is 0.292. The van der Waals surface area contributed by atoms with Crippen LogP contribution < -0.4 is 5.73 Å². The minimum atomic E-state index is -1.48. The van der Waals surface area contributed by atoms with Gasteiger partial charge in [-0.15, -0.1) is 0 Å². The highest BCUT2D eigenvalue weighted by Gasteiger charge is 2.26. The van der Waals surface area contributed by atoms with E-state index in [-0.39, 0.29) is 30.6 Å². The van der Waals surface area contributed by atoms with Crippen LogP contribution >= 0.6 is 0 Å². The van der Waals surface area contributed by atoms with E-state index in [1.54, 1.807) is 35.2 Å². The molecule has 0 fully saturated rings. The summed E-state index contributed by atoms with van der Waals surface area (Å²) in [6, 6.07) is 8.57. The molecule has 0 unspecified atom stereocenters. The standard InChI is InChI=1S/C24H24F2N4O2/c1-4-30(12-16-7-6-15(11-28-16)24(2,3)26)23(31)14-5-8-19-17(9-14)18-13-32-20(10-25)21(18)22(27)29-19/h5-11H,4,12-13H2,1-3H3,(H2,27,29)/b20-10-. The van der Waals surface area contributed by atoms with Crippen LogP contribution in [0.5, 0.6) is 0 Å². The molecule has 1 aliphatic rings. The van der Waals surface area contributed by atoms with Gasteiger partial charge in [-0.2, -0.15) is 0 Å². The van der Waals surface area contributed by atoms with E-state index in [1.165, 1.54) is 20.0 Å². The van der Waals surface area contributed by atoms with Crippen LogP contribution in [-0.4, -0.2) is 27.3 Å². The van der Waals surface area contributed by atoms with Gasteiger partial charge in [-0.25, -0.2) is 13.8 Å². The SMILES string of the molecule is CCN(Cc1ccc(C(C)(C)F)cn1)C(=O)c1ccc2nc(N)c3c(c2c1)CO/C3=C\F. The van der Waals surface area contributed by atoms with Gasteiger partial charge in [0.15, 0.2) is 5.76 Å². The normalized spacial score (nSPS) is 14.5. The number of aromatic nitrogens is 2. The number of hydrogen-bond acceptors (Lipinski definition) is 5. The number of amides is 1. The average molecular weight is 438 g/mol. The Bertz CT molecular complexity index is 1220. The van der Waals surface area contributed by atoms with Crippen molar-refractivity contribution in [1.29, 1.82) is 0 Å². The number of carbonyl (C=O) groups is 1. The van der Waals surface area contributed by atoms with Gasteiger partial charge in [0.2, 0.25) is 0 Å². The lowest BCUT2D eigenvalue weighted by Crippen LogP contribution is -2.30. The fourth-order valence-corrected chi connectivity index (χ4v) is 3.79. The Balaban J connectivity index is 1.64. The Hall–Kier alpha value is -3.55. The number of halogens is 2. The quantitative estimate of drug-likeness (QED) is 0.614. The number of alkyl halides is 1. The van der Waals surface area contributed by atoms with E-state index >= 15 is 0 Å². The average Bonchev–Trinajstić information content (AvgIpc) is 3.22. The first-order valence-corrected chi connectivity index (χ1v) is 10.3. The minimum Gasteiger partial charge on any atom is -0.486 e. The van der Waals surface area contributed by atoms with Crippen LogP contribution in [-0.2, 0) is 23.6 Å². The molecule has 3 heterocycles. The fourth-order valence-electron chi connectivity index (χ4n) is 3.79. The van der Waals surface area contributed by atoms with Crippen LogP contribution in [0.15, 0.2) is 42.9 Å². The minimum absolute atomic E-state index is 0.0461. The van der Waals surface area contributed by atoms with Gasteiger partial charge < -0.3 is 15.4 Å². The highest BCUT2D eigenvalue weighted by Crippen LogP contribution is 2.38. The molecule has 0 saturated carbocycles. The first-order chi connectivity index (χ1) is 15.2. The number of nitrogens with two attached hydrogens (primary N) is 1. The number of pyridine rings is 2. The maximum Gasteiger partial charge on any atom is 0.254 e. The summed E-state index contributed by atoms with van der Waals surface area (Å²) in [7, 11) is 0. The van der Waals surface area contributed by atoms with Gasteiger partial charge in [0.25, 0.3) is 5.91 Å². The van der Waals surface area contributed by atoms with E-state index in [0.717, 1.165) is 0 Å². The van der Waals surface area contributed by atoms with Gasteiger partial charge in [-0.05, 0) is 45.0 Å². The maximum absolute atomic E-state index is 14.1. The van der Waals surface area contributed by atoms with Crippen molar-refractivity contribution in [1.82, 2.24) is 14.9 Å². The maximum atomic E-state index is 14.1. The van der Waals surface area contributed by atoms with E-state index in [2.05, 4.69) is 9.97 Å². The number of carbonyl (C=O) groups excluding carboxylic acids is 1. The predicted octanol–water partition coefficient (Wildman–Crippen LogP) is 4.88. The summed E-state index contributed by atoms with van der Waals surface area (Å²) in [6.45, 7) is 5.74. The Morgan fingerprint density at radius 1 is 1.31 bits per heavy atom. The zero-order chi connectivity index (χ0) is 23.0. The van der Waals surface area contributed by atoms with E-state index in [9.17, 15) is 13.6 Å². The summed E-state index contributed by atoms with van der Waals surface area (Å²) in [6.07, 6.45) is 1.87. The Labute approximate surface area is 184 Å². The molecule has 166 valence electrons. The number of nitrogen functional groups attached to an aromatic ring is 1. The molecule has 2 N–H and O–H groups in total. The molecule has 0 spiro atoms. The van der Waals surface area contributed by atoms with Gasteiger partial charge in [0, 0.05) is 34.8 Å². The van der Waals surface area contributed by atoms with Gasteiger partial charge in [0.05, 0.1) is 23.3 Å². The van der Waals surface area contributed by atoms with Crippen LogP contribution in [0.4, 0.5) is 14.6 Å². The van der Waals surface area contributed by atoms with E-state index < -0.39 is 5.67 Å². The third kappa shape index (κ3) is 3.88. The molecular formula is C24H24F2N4O2. The highest BCUT2D eigenvalue weighted by atomic mass is 19.1. The van der Waals surface area contributed by atoms with Crippen molar-refractivity contribution in [2.75, 3.05) is 12.3 Å². The molecule has 0 bridgehead atoms. The second-order valence-corrected chi connectivity index (χ2v) is 8.17. The van der Waals surface area contributed by atoms with Gasteiger partial charge in [-0.1, -0.05) is 6.07 Å². The zero-order valence-electron chi connectivity index (χ0n) is 18.2. The smallest absolute Gasteiger partial charge is 0.254 e. The van der Waals surface area contributed by atoms with Crippen molar-refractivity contribution in [3.05, 3.63) is 70.8 Å². The molecule has 3 aromatic rings. The topological polar surface area (TPSA) is 81.3 Å². The number of nitrogens with zero attached hydrogens (tertiary/aromatic N) is 3. The Kier molecular flexibility index (Phi) is 5.54. The van der Waals surface area contributed by atoms with Crippen molar-refractivity contribution in [3.63, 3.8) is 0 Å². The lowest BCUT2D eigenvalue weighted by atomic mass is 10.0. The molecular weight excluding hydrogens is 414 g/mol. The summed E-state index contributed by atoms with van der Waals surface area (Å²) < 4.78 is 32.6. The van der Waals surface area contributed by atoms with Crippen LogP contribution in [0.25, 0.3) is 16.7 Å². The molecule has 1 aliphatic heterocycles. The third-order valence-corrected chi connectivity index (χ3v) is 5.62. The zero-order valence-corrected chi connectivity index (χ0v) is 18.2. The number of rotatable bonds is 5. The van der Waals surface area contributed by atoms with Gasteiger partial charge in [0.1, 0.15) is 24.4 Å². The van der Waals surface area contributed by atoms with E-state index in [1.807, 2.05) is 6.92 Å². The molecule has 0 radical (unpaired) electrons. The third-order valence-electron chi connectivity index (χ3n) is 5.62. The summed E-state index contributed by atoms with van der Waals surface area (Å²) in [5, 5.41) is 0.695. The van der Waals surface area contributed by atoms with Gasteiger partial charge >= 0.3 is 0 Å². The van der Waals surface area contributed by atoms with Crippen LogP contribution in [0, 0.1) is 0 Å². The number of hydrogen-bond donors (Lipinski definition) is 1. The summed E-state index contributed by atoms with van der Waals surface area (Å²) >= 11 is 0. The van der Waals surface area contributed by atoms with Crippen molar-refractivity contribution in [2.45, 2.75) is 39.6 Å². The number of fused-ring (bicyclic) bond motifs is 3. The summed E-state index contributed by atoms with van der Waals surface area (Å²) in [5.74, 6) is 0.0516. The lowest BCUT2D eigenvalue weighted by Gasteiger charge is -2.21. The Morgan fingerprint density at radius 3 is 2.72 bits per heavy atom. The van der Waals surface area contributed by atoms with Crippen LogP contribution in [0.1, 0.15) is 53.5 Å². The first kappa shape index (κ1) is 21.7. The second-order valence-electron chi connectivity index (χ2n) is 8.17. The first-order valence-electron chi connectivity index (χ1n) is 10.3. The van der Waals surface area contributed by atoms with Crippen LogP contribution in [0.3, 0.4) is 0 Å². The second kappa shape index (κ2) is 8.18. The lowest BCUT2D eigenvalue weighted by molar-refractivity contribution is 0.0750. The molecule has 0 atom stereocenters. The van der Waals surface area contributed by atoms with Crippen molar-refractivity contribution in [3.8, 4) is 0 Å². The molecule has 0 aliphatic carbocycles. The molecule has 8 heteroatoms. The molecule has 0 saturated heterocycles. The van der Waals surface area contributed by atoms with E-state index in [4.69, 9.17) is 10.5 Å². The van der Waals surface area contributed by atoms with Gasteiger partial charge in [-0.3, -0.25) is 9.78 Å².